The summed E-state index contributed by atoms with van der Waals surface area (Å²) in [5.74, 6) is 0. The van der Waals surface area contributed by atoms with Crippen LogP contribution in [0.5, 0.6) is 0 Å². The van der Waals surface area contributed by atoms with Crippen molar-refractivity contribution in [2.45, 2.75) is 39.2 Å². The molecule has 0 amide bonds. The maximum atomic E-state index is 10.8. The molecule has 1 aliphatic rings. The van der Waals surface area contributed by atoms with Gasteiger partial charge in [0.15, 0.2) is 0 Å². The average molecular weight is 693 g/mol. The van der Waals surface area contributed by atoms with Crippen LogP contribution in [0.4, 0.5) is 0 Å². The molecular formula is C18H32N10O13S3. The number of nitrogens with one attached hydrogen (secondary N) is 2. The number of aromatic nitrogens is 6. The van der Waals surface area contributed by atoms with E-state index in [1.54, 1.807) is 18.6 Å². The van der Waals surface area contributed by atoms with E-state index in [0.29, 0.717) is 36.5 Å². The van der Waals surface area contributed by atoms with Crippen molar-refractivity contribution >= 4 is 31.2 Å². The first-order valence-corrected chi connectivity index (χ1v) is 16.7. The standard InChI is InChI=1S/C18H32N10O13S3/c29-42(30,31)39-6-2-1-5-38-15-28-14-18(21-24-28)11-25(9-16-12-26(22-19-16)3-7-40-43(32,33)34)10-17-13-27(23-20-17)4-8-41-44(35,36)37/h12-14,19,22H,1-11,15H2,(H,29,30,31)(H,32,33,34)(H,35,36,37). The minimum Gasteiger partial charge on any atom is -0.359 e. The van der Waals surface area contributed by atoms with Gasteiger partial charge in [-0.3, -0.25) is 23.6 Å². The monoisotopic (exact) mass is 692 g/mol. The maximum Gasteiger partial charge on any atom is 0.397 e. The number of nitrogens with zero attached hydrogens (tertiary/aromatic N) is 8. The van der Waals surface area contributed by atoms with Crippen molar-refractivity contribution in [2.75, 3.05) is 39.5 Å². The molecule has 3 heterocycles. The van der Waals surface area contributed by atoms with Crippen LogP contribution in [0.2, 0.25) is 0 Å². The number of ether oxygens (including phenoxy) is 1. The van der Waals surface area contributed by atoms with Crippen molar-refractivity contribution in [1.29, 1.82) is 0 Å². The SMILES string of the molecule is O=S(=O)(O)OCCCCOCn1cc(CN(CC2=CN(CCOS(=O)(=O)O)NN2)Cc2cn(CCOS(=O)(=O)O)nn2)nn1. The summed E-state index contributed by atoms with van der Waals surface area (Å²) in [6, 6.07) is 0. The molecule has 23 nitrogen and oxygen atoms in total. The van der Waals surface area contributed by atoms with Crippen molar-refractivity contribution in [3.05, 3.63) is 35.7 Å². The highest BCUT2D eigenvalue weighted by atomic mass is 32.3. The summed E-state index contributed by atoms with van der Waals surface area (Å²) in [6.45, 7) is 0.428. The summed E-state index contributed by atoms with van der Waals surface area (Å²) in [5.41, 5.74) is 7.49. The van der Waals surface area contributed by atoms with E-state index < -0.39 is 31.2 Å². The first-order chi connectivity index (χ1) is 20.6. The van der Waals surface area contributed by atoms with Gasteiger partial charge in [-0.15, -0.1) is 15.7 Å². The van der Waals surface area contributed by atoms with Gasteiger partial charge in [-0.2, -0.15) is 25.3 Å². The molecule has 250 valence electrons. The lowest BCUT2D eigenvalue weighted by atomic mass is 10.3. The lowest BCUT2D eigenvalue weighted by Gasteiger charge is -2.20. The second-order valence-corrected chi connectivity index (χ2v) is 12.2. The minimum absolute atomic E-state index is 0.00585. The Balaban J connectivity index is 1.56. The highest BCUT2D eigenvalue weighted by Gasteiger charge is 2.19. The Bertz CT molecular complexity index is 1550. The lowest BCUT2D eigenvalue weighted by Crippen LogP contribution is -2.39. The van der Waals surface area contributed by atoms with Gasteiger partial charge in [0.25, 0.3) is 0 Å². The van der Waals surface area contributed by atoms with Crippen LogP contribution in [-0.4, -0.2) is 118 Å². The van der Waals surface area contributed by atoms with Gasteiger partial charge >= 0.3 is 31.2 Å². The Morgan fingerprint density at radius 3 is 1.91 bits per heavy atom. The van der Waals surface area contributed by atoms with Crippen LogP contribution in [-0.2, 0) is 74.8 Å². The smallest absolute Gasteiger partial charge is 0.359 e. The fourth-order valence-electron chi connectivity index (χ4n) is 3.56. The van der Waals surface area contributed by atoms with E-state index >= 15 is 0 Å². The molecule has 0 bridgehead atoms. The van der Waals surface area contributed by atoms with Crippen LogP contribution >= 0.6 is 0 Å². The molecule has 26 heteroatoms. The number of hydrazine groups is 2. The first-order valence-electron chi connectivity index (χ1n) is 12.6. The van der Waals surface area contributed by atoms with Crippen molar-refractivity contribution in [3.63, 3.8) is 0 Å². The zero-order chi connectivity index (χ0) is 32.2. The summed E-state index contributed by atoms with van der Waals surface area (Å²) in [7, 11) is -13.6. The third-order valence-corrected chi connectivity index (χ3v) is 6.66. The molecule has 0 aliphatic carbocycles. The van der Waals surface area contributed by atoms with Gasteiger partial charge in [-0.1, -0.05) is 10.4 Å². The molecule has 0 radical (unpaired) electrons. The van der Waals surface area contributed by atoms with Crippen LogP contribution in [0.1, 0.15) is 24.2 Å². The van der Waals surface area contributed by atoms with Crippen molar-refractivity contribution in [2.24, 2.45) is 0 Å². The molecule has 0 aromatic carbocycles. The topological polar surface area (TPSA) is 292 Å². The van der Waals surface area contributed by atoms with Crippen molar-refractivity contribution in [3.8, 4) is 0 Å². The maximum absolute atomic E-state index is 10.8. The Kier molecular flexibility index (Phi) is 13.3. The number of hydrogen-bond acceptors (Lipinski definition) is 18. The van der Waals surface area contributed by atoms with E-state index in [1.165, 1.54) is 14.4 Å². The Morgan fingerprint density at radius 2 is 1.27 bits per heavy atom. The summed E-state index contributed by atoms with van der Waals surface area (Å²) >= 11 is 0. The Hall–Kier alpha value is -2.89. The molecule has 0 spiro atoms. The molecule has 3 rings (SSSR count). The molecule has 1 aliphatic heterocycles. The molecule has 0 saturated carbocycles. The second-order valence-electron chi connectivity index (χ2n) is 8.95. The van der Waals surface area contributed by atoms with Crippen LogP contribution in [0.15, 0.2) is 24.3 Å². The predicted octanol–water partition coefficient (Wildman–Crippen LogP) is -2.75. The minimum atomic E-state index is -4.59. The van der Waals surface area contributed by atoms with Gasteiger partial charge in [0.05, 0.1) is 56.2 Å². The van der Waals surface area contributed by atoms with E-state index in [9.17, 15) is 25.3 Å². The van der Waals surface area contributed by atoms with E-state index in [4.69, 9.17) is 18.4 Å². The van der Waals surface area contributed by atoms with Crippen LogP contribution in [0.3, 0.4) is 0 Å². The van der Waals surface area contributed by atoms with E-state index in [2.05, 4.69) is 44.1 Å². The van der Waals surface area contributed by atoms with Crippen molar-refractivity contribution in [1.82, 2.24) is 50.9 Å². The van der Waals surface area contributed by atoms with Gasteiger partial charge in [0.2, 0.25) is 0 Å². The summed E-state index contributed by atoms with van der Waals surface area (Å²) < 4.78 is 111. The van der Waals surface area contributed by atoms with Crippen LogP contribution in [0, 0.1) is 0 Å². The van der Waals surface area contributed by atoms with Crippen molar-refractivity contribution < 1.29 is 56.2 Å². The van der Waals surface area contributed by atoms with E-state index in [1.807, 2.05) is 4.90 Å². The molecule has 2 aromatic heterocycles. The molecule has 44 heavy (non-hydrogen) atoms. The fraction of sp³-hybridized carbons (Fsp3) is 0.667. The molecular weight excluding hydrogens is 660 g/mol. The van der Waals surface area contributed by atoms with Crippen LogP contribution in [0.25, 0.3) is 0 Å². The number of rotatable bonds is 22. The van der Waals surface area contributed by atoms with Crippen LogP contribution < -0.4 is 11.0 Å². The van der Waals surface area contributed by atoms with Gasteiger partial charge < -0.3 is 10.2 Å². The highest BCUT2D eigenvalue weighted by molar-refractivity contribution is 7.81. The Morgan fingerprint density at radius 1 is 0.727 bits per heavy atom. The molecule has 0 unspecified atom stereocenters. The molecule has 0 saturated heterocycles. The molecule has 2 aromatic rings. The number of hydrogen-bond donors (Lipinski definition) is 5. The van der Waals surface area contributed by atoms with E-state index in [-0.39, 0.29) is 59.3 Å². The average Bonchev–Trinajstić information content (AvgIpc) is 3.64. The zero-order valence-electron chi connectivity index (χ0n) is 22.9. The summed E-state index contributed by atoms with van der Waals surface area (Å²) in [6.07, 6.45) is 5.71. The second kappa shape index (κ2) is 16.4. The van der Waals surface area contributed by atoms with E-state index in [0.717, 1.165) is 0 Å². The highest BCUT2D eigenvalue weighted by Crippen LogP contribution is 2.11. The summed E-state index contributed by atoms with van der Waals surface area (Å²) in [4.78, 5) is 1.91. The zero-order valence-corrected chi connectivity index (χ0v) is 25.4. The molecule has 5 N–H and O–H groups in total. The fourth-order valence-corrected chi connectivity index (χ4v) is 4.46. The molecule has 0 fully saturated rings. The van der Waals surface area contributed by atoms with Gasteiger partial charge in [0, 0.05) is 38.6 Å². The predicted molar refractivity (Wildman–Crippen MR) is 143 cm³/mol. The largest absolute Gasteiger partial charge is 0.397 e. The van der Waals surface area contributed by atoms with Gasteiger partial charge in [-0.25, -0.2) is 21.9 Å². The lowest BCUT2D eigenvalue weighted by molar-refractivity contribution is 0.0629. The Labute approximate surface area is 252 Å². The quantitative estimate of drug-likeness (QED) is 0.0617. The summed E-state index contributed by atoms with van der Waals surface area (Å²) in [5, 5.41) is 17.7. The molecule has 0 atom stereocenters. The normalized spacial score (nSPS) is 14.4. The van der Waals surface area contributed by atoms with Gasteiger partial charge in [0.1, 0.15) is 6.73 Å². The number of unbranched alkanes of at least 4 members (excludes halogenated alkanes) is 1. The third kappa shape index (κ3) is 15.2. The van der Waals surface area contributed by atoms with Gasteiger partial charge in [-0.05, 0) is 12.8 Å². The first kappa shape index (κ1) is 35.6. The third-order valence-electron chi connectivity index (χ3n) is 5.27.